The standard InChI is InChI=1S/C70H125NO13/c1-3-5-7-9-11-13-15-17-19-21-23-25-27-28-29-30-32-34-36-38-40-42-44-46-48-50-52-54-62(75)71-58(57-81-69-67(80)65(78)68(61(56-73)83-69)84-70-66(79)64(77)63(76)60(55-72)82-70)59(74)53-51-49-47-45-43-41-39-37-35-33-31-26-24-22-20-18-16-14-12-10-8-6-4-2/h15,17,21,23,27-28,35,37,43,45,51,53,58-61,63-70,72-74,76-80H,3-14,16,18-20,22,24-26,29-34,36,38-42,44,46-50,52,54-57H2,1-2H3,(H,71,75)/b17-15-,23-21-,28-27-,37-35+,45-43+,53-51+. The van der Waals surface area contributed by atoms with E-state index in [1.165, 1.54) is 173 Å². The van der Waals surface area contributed by atoms with Gasteiger partial charge in [0, 0.05) is 6.42 Å². The van der Waals surface area contributed by atoms with Crippen molar-refractivity contribution in [1.29, 1.82) is 0 Å². The molecule has 14 heteroatoms. The van der Waals surface area contributed by atoms with Crippen LogP contribution in [0.25, 0.3) is 0 Å². The van der Waals surface area contributed by atoms with Crippen LogP contribution in [0.5, 0.6) is 0 Å². The Hall–Kier alpha value is -2.57. The summed E-state index contributed by atoms with van der Waals surface area (Å²) in [5.41, 5.74) is 0. The highest BCUT2D eigenvalue weighted by molar-refractivity contribution is 5.76. The zero-order valence-corrected chi connectivity index (χ0v) is 52.9. The molecule has 0 aromatic heterocycles. The Balaban J connectivity index is 1.73. The van der Waals surface area contributed by atoms with E-state index in [1.54, 1.807) is 6.08 Å². The summed E-state index contributed by atoms with van der Waals surface area (Å²) in [5, 5.41) is 87.3. The molecule has 0 aliphatic carbocycles. The number of hydrogen-bond donors (Lipinski definition) is 9. The molecule has 2 rings (SSSR count). The van der Waals surface area contributed by atoms with Gasteiger partial charge in [-0.05, 0) is 83.5 Å². The van der Waals surface area contributed by atoms with Gasteiger partial charge < -0.3 is 65.1 Å². The molecule has 12 unspecified atom stereocenters. The second kappa shape index (κ2) is 54.6. The second-order valence-corrected chi connectivity index (χ2v) is 23.9. The third-order valence-electron chi connectivity index (χ3n) is 16.3. The number of aliphatic hydroxyl groups excluding tert-OH is 8. The smallest absolute Gasteiger partial charge is 0.220 e. The number of nitrogens with one attached hydrogen (secondary N) is 1. The summed E-state index contributed by atoms with van der Waals surface area (Å²) in [5.74, 6) is -0.255. The maximum Gasteiger partial charge on any atom is 0.220 e. The van der Waals surface area contributed by atoms with Crippen molar-refractivity contribution in [2.24, 2.45) is 0 Å². The van der Waals surface area contributed by atoms with Crippen LogP contribution in [0.3, 0.4) is 0 Å². The molecule has 0 aromatic rings. The number of ether oxygens (including phenoxy) is 4. The van der Waals surface area contributed by atoms with Crippen molar-refractivity contribution in [2.45, 2.75) is 344 Å². The zero-order valence-electron chi connectivity index (χ0n) is 52.9. The Morgan fingerprint density at radius 2 is 0.798 bits per heavy atom. The van der Waals surface area contributed by atoms with Crippen LogP contribution in [-0.4, -0.2) is 140 Å². The van der Waals surface area contributed by atoms with Gasteiger partial charge in [-0.25, -0.2) is 0 Å². The van der Waals surface area contributed by atoms with Crippen LogP contribution in [0, 0.1) is 0 Å². The highest BCUT2D eigenvalue weighted by atomic mass is 16.7. The van der Waals surface area contributed by atoms with E-state index in [0.717, 1.165) is 64.2 Å². The van der Waals surface area contributed by atoms with Crippen LogP contribution in [0.4, 0.5) is 0 Å². The van der Waals surface area contributed by atoms with Crippen molar-refractivity contribution in [1.82, 2.24) is 5.32 Å². The van der Waals surface area contributed by atoms with Gasteiger partial charge in [-0.2, -0.15) is 0 Å². The van der Waals surface area contributed by atoms with E-state index >= 15 is 0 Å². The Kier molecular flexibility index (Phi) is 50.4. The van der Waals surface area contributed by atoms with Gasteiger partial charge in [0.1, 0.15) is 48.8 Å². The van der Waals surface area contributed by atoms with E-state index in [2.05, 4.69) is 79.9 Å². The van der Waals surface area contributed by atoms with E-state index in [-0.39, 0.29) is 18.9 Å². The molecule has 9 N–H and O–H groups in total. The number of carbonyl (C=O) groups excluding carboxylic acids is 1. The van der Waals surface area contributed by atoms with Crippen LogP contribution in [0.2, 0.25) is 0 Å². The molecule has 0 aromatic carbocycles. The normalized spacial score (nSPS) is 24.1. The summed E-state index contributed by atoms with van der Waals surface area (Å²) in [6.45, 7) is 2.78. The van der Waals surface area contributed by atoms with Gasteiger partial charge in [-0.3, -0.25) is 4.79 Å². The Bertz CT molecular complexity index is 1690. The molecular formula is C70H125NO13. The molecule has 2 heterocycles. The highest BCUT2D eigenvalue weighted by Gasteiger charge is 2.51. The SMILES string of the molecule is CCCCCCC/C=C\C/C=C\C/C=C\CCCCCCCCCCCCCCC(=O)NC(COC1OC(CO)C(OC2OC(CO)C(O)C(O)C2O)C(O)C1O)C(O)/C=C/CC/C=C/CC/C=C/CCCCCCCCCCCCCCC. The first-order valence-corrected chi connectivity index (χ1v) is 34.2. The van der Waals surface area contributed by atoms with Crippen LogP contribution < -0.4 is 5.32 Å². The lowest BCUT2D eigenvalue weighted by molar-refractivity contribution is -0.359. The molecule has 1 amide bonds. The quantitative estimate of drug-likeness (QED) is 0.0204. The van der Waals surface area contributed by atoms with E-state index in [0.29, 0.717) is 12.8 Å². The molecule has 0 spiro atoms. The van der Waals surface area contributed by atoms with Gasteiger partial charge in [0.25, 0.3) is 0 Å². The molecule has 2 fully saturated rings. The lowest BCUT2D eigenvalue weighted by Crippen LogP contribution is -2.65. The molecule has 84 heavy (non-hydrogen) atoms. The van der Waals surface area contributed by atoms with E-state index in [9.17, 15) is 45.6 Å². The predicted octanol–water partition coefficient (Wildman–Crippen LogP) is 13.5. The Morgan fingerprint density at radius 3 is 1.25 bits per heavy atom. The van der Waals surface area contributed by atoms with E-state index in [4.69, 9.17) is 18.9 Å². The average molecular weight is 1190 g/mol. The summed E-state index contributed by atoms with van der Waals surface area (Å²) in [6.07, 6.45) is 56.6. The number of unbranched alkanes of at least 4 members (excludes halogenated alkanes) is 32. The molecule has 2 saturated heterocycles. The molecule has 2 aliphatic rings. The number of amides is 1. The fraction of sp³-hybridized carbons (Fsp3) is 0.814. The molecule has 0 saturated carbocycles. The van der Waals surface area contributed by atoms with Gasteiger partial charge in [-0.15, -0.1) is 0 Å². The third-order valence-corrected chi connectivity index (χ3v) is 16.3. The monoisotopic (exact) mass is 1190 g/mol. The first-order chi connectivity index (χ1) is 41.1. The Morgan fingerprint density at radius 1 is 0.429 bits per heavy atom. The number of rotatable bonds is 55. The fourth-order valence-corrected chi connectivity index (χ4v) is 10.9. The maximum atomic E-state index is 13.3. The summed E-state index contributed by atoms with van der Waals surface area (Å²) >= 11 is 0. The minimum Gasteiger partial charge on any atom is -0.394 e. The highest BCUT2D eigenvalue weighted by Crippen LogP contribution is 2.30. The largest absolute Gasteiger partial charge is 0.394 e. The first kappa shape index (κ1) is 77.5. The van der Waals surface area contributed by atoms with E-state index < -0.39 is 86.8 Å². The van der Waals surface area contributed by atoms with Crippen molar-refractivity contribution >= 4 is 5.91 Å². The van der Waals surface area contributed by atoms with Crippen molar-refractivity contribution in [3.8, 4) is 0 Å². The summed E-state index contributed by atoms with van der Waals surface area (Å²) < 4.78 is 22.8. The summed E-state index contributed by atoms with van der Waals surface area (Å²) in [4.78, 5) is 13.3. The maximum absolute atomic E-state index is 13.3. The van der Waals surface area contributed by atoms with Gasteiger partial charge >= 0.3 is 0 Å². The lowest BCUT2D eigenvalue weighted by atomic mass is 9.97. The fourth-order valence-electron chi connectivity index (χ4n) is 10.9. The van der Waals surface area contributed by atoms with Crippen LogP contribution in [0.15, 0.2) is 72.9 Å². The number of hydrogen-bond acceptors (Lipinski definition) is 13. The number of aliphatic hydroxyl groups is 8. The first-order valence-electron chi connectivity index (χ1n) is 34.2. The van der Waals surface area contributed by atoms with Crippen LogP contribution >= 0.6 is 0 Å². The molecule has 2 aliphatic heterocycles. The van der Waals surface area contributed by atoms with E-state index in [1.807, 2.05) is 6.08 Å². The average Bonchev–Trinajstić information content (AvgIpc) is 3.62. The minimum absolute atomic E-state index is 0.255. The molecule has 0 radical (unpaired) electrons. The summed E-state index contributed by atoms with van der Waals surface area (Å²) in [6, 6.07) is -0.943. The van der Waals surface area contributed by atoms with Crippen LogP contribution in [0.1, 0.15) is 271 Å². The van der Waals surface area contributed by atoms with Crippen molar-refractivity contribution < 1.29 is 64.6 Å². The van der Waals surface area contributed by atoms with Crippen molar-refractivity contribution in [3.63, 3.8) is 0 Å². The van der Waals surface area contributed by atoms with Gasteiger partial charge in [-0.1, -0.05) is 254 Å². The van der Waals surface area contributed by atoms with Crippen molar-refractivity contribution in [2.75, 3.05) is 19.8 Å². The zero-order chi connectivity index (χ0) is 60.9. The molecule has 0 bridgehead atoms. The predicted molar refractivity (Wildman–Crippen MR) is 341 cm³/mol. The number of carbonyl (C=O) groups is 1. The van der Waals surface area contributed by atoms with Crippen molar-refractivity contribution in [3.05, 3.63) is 72.9 Å². The summed E-state index contributed by atoms with van der Waals surface area (Å²) in [7, 11) is 0. The minimum atomic E-state index is -1.80. The molecule has 14 nitrogen and oxygen atoms in total. The second-order valence-electron chi connectivity index (χ2n) is 23.9. The van der Waals surface area contributed by atoms with Gasteiger partial charge in [0.15, 0.2) is 12.6 Å². The topological polar surface area (TPSA) is 228 Å². The molecule has 488 valence electrons. The van der Waals surface area contributed by atoms with Crippen LogP contribution in [-0.2, 0) is 23.7 Å². The van der Waals surface area contributed by atoms with Gasteiger partial charge in [0.2, 0.25) is 5.91 Å². The lowest BCUT2D eigenvalue weighted by Gasteiger charge is -2.46. The van der Waals surface area contributed by atoms with Gasteiger partial charge in [0.05, 0.1) is 32.0 Å². The molecule has 12 atom stereocenters. The third kappa shape index (κ3) is 38.7. The molecular weight excluding hydrogens is 1060 g/mol. The number of allylic oxidation sites excluding steroid dienone is 11. The Labute approximate surface area is 510 Å².